The Bertz CT molecular complexity index is 856. The summed E-state index contributed by atoms with van der Waals surface area (Å²) in [6.45, 7) is 3.41. The number of rotatable bonds is 5. The SMILES string of the molecule is COc1ccccc1-c1nc(Nc2ccc(N3CCOCC3)cc2)n[nH]1. The van der Waals surface area contributed by atoms with Crippen LogP contribution in [0.3, 0.4) is 0 Å². The monoisotopic (exact) mass is 351 g/mol. The summed E-state index contributed by atoms with van der Waals surface area (Å²) >= 11 is 0. The number of benzene rings is 2. The molecule has 4 rings (SSSR count). The zero-order chi connectivity index (χ0) is 17.8. The molecule has 2 heterocycles. The smallest absolute Gasteiger partial charge is 0.246 e. The van der Waals surface area contributed by atoms with Crippen molar-refractivity contribution in [2.45, 2.75) is 0 Å². The molecule has 0 amide bonds. The van der Waals surface area contributed by atoms with E-state index in [4.69, 9.17) is 9.47 Å². The number of hydrogen-bond acceptors (Lipinski definition) is 6. The fourth-order valence-corrected chi connectivity index (χ4v) is 2.98. The summed E-state index contributed by atoms with van der Waals surface area (Å²) in [6, 6.07) is 16.0. The largest absolute Gasteiger partial charge is 0.496 e. The number of methoxy groups -OCH3 is 1. The van der Waals surface area contributed by atoms with Gasteiger partial charge in [0.1, 0.15) is 5.75 Å². The molecule has 0 bridgehead atoms. The first-order chi connectivity index (χ1) is 12.8. The molecule has 0 saturated carbocycles. The van der Waals surface area contributed by atoms with Gasteiger partial charge in [0.25, 0.3) is 0 Å². The highest BCUT2D eigenvalue weighted by Gasteiger charge is 2.12. The van der Waals surface area contributed by atoms with Gasteiger partial charge in [-0.25, -0.2) is 0 Å². The number of hydrogen-bond donors (Lipinski definition) is 2. The molecule has 1 fully saturated rings. The van der Waals surface area contributed by atoms with Crippen LogP contribution in [-0.4, -0.2) is 48.6 Å². The third-order valence-electron chi connectivity index (χ3n) is 4.35. The topological polar surface area (TPSA) is 75.3 Å². The number of H-pyrrole nitrogens is 1. The Hall–Kier alpha value is -3.06. The van der Waals surface area contributed by atoms with Gasteiger partial charge < -0.3 is 19.7 Å². The average Bonchev–Trinajstić information content (AvgIpc) is 3.17. The Morgan fingerprint density at radius 2 is 1.85 bits per heavy atom. The second kappa shape index (κ2) is 7.45. The molecule has 26 heavy (non-hydrogen) atoms. The number of para-hydroxylation sites is 1. The van der Waals surface area contributed by atoms with Crippen LogP contribution in [0.1, 0.15) is 0 Å². The van der Waals surface area contributed by atoms with Crippen molar-refractivity contribution < 1.29 is 9.47 Å². The molecule has 1 saturated heterocycles. The summed E-state index contributed by atoms with van der Waals surface area (Å²) < 4.78 is 10.8. The molecule has 1 aromatic heterocycles. The van der Waals surface area contributed by atoms with Crippen molar-refractivity contribution in [1.29, 1.82) is 0 Å². The third kappa shape index (κ3) is 3.48. The Kier molecular flexibility index (Phi) is 4.70. The third-order valence-corrected chi connectivity index (χ3v) is 4.35. The molecule has 7 nitrogen and oxygen atoms in total. The van der Waals surface area contributed by atoms with E-state index in [9.17, 15) is 0 Å². The quantitative estimate of drug-likeness (QED) is 0.736. The maximum Gasteiger partial charge on any atom is 0.246 e. The van der Waals surface area contributed by atoms with Crippen molar-refractivity contribution in [1.82, 2.24) is 15.2 Å². The van der Waals surface area contributed by atoms with Crippen molar-refractivity contribution in [2.24, 2.45) is 0 Å². The van der Waals surface area contributed by atoms with Gasteiger partial charge in [-0.1, -0.05) is 12.1 Å². The number of aromatic nitrogens is 3. The summed E-state index contributed by atoms with van der Waals surface area (Å²) in [7, 11) is 1.64. The second-order valence-corrected chi connectivity index (χ2v) is 5.98. The first-order valence-electron chi connectivity index (χ1n) is 8.59. The molecular weight excluding hydrogens is 330 g/mol. The number of nitrogens with one attached hydrogen (secondary N) is 2. The molecule has 2 N–H and O–H groups in total. The van der Waals surface area contributed by atoms with Crippen LogP contribution in [0.5, 0.6) is 5.75 Å². The summed E-state index contributed by atoms with van der Waals surface area (Å²) in [5, 5.41) is 10.4. The van der Waals surface area contributed by atoms with E-state index in [1.165, 1.54) is 5.69 Å². The molecule has 1 aliphatic heterocycles. The lowest BCUT2D eigenvalue weighted by Gasteiger charge is -2.28. The van der Waals surface area contributed by atoms with Crippen molar-refractivity contribution in [3.05, 3.63) is 48.5 Å². The van der Waals surface area contributed by atoms with Crippen molar-refractivity contribution in [2.75, 3.05) is 43.6 Å². The molecule has 0 aliphatic carbocycles. The van der Waals surface area contributed by atoms with E-state index < -0.39 is 0 Å². The number of morpholine rings is 1. The van der Waals surface area contributed by atoms with Gasteiger partial charge >= 0.3 is 0 Å². The van der Waals surface area contributed by atoms with E-state index in [1.807, 2.05) is 36.4 Å². The Balaban J connectivity index is 1.47. The average molecular weight is 351 g/mol. The molecule has 0 spiro atoms. The first-order valence-corrected chi connectivity index (χ1v) is 8.59. The lowest BCUT2D eigenvalue weighted by Crippen LogP contribution is -2.36. The summed E-state index contributed by atoms with van der Waals surface area (Å²) in [6.07, 6.45) is 0. The van der Waals surface area contributed by atoms with Gasteiger partial charge in [0.15, 0.2) is 5.82 Å². The molecule has 7 heteroatoms. The van der Waals surface area contributed by atoms with E-state index in [0.717, 1.165) is 43.3 Å². The predicted octanol–water partition coefficient (Wildman–Crippen LogP) is 3.06. The number of anilines is 3. The van der Waals surface area contributed by atoms with Crippen LogP contribution in [0.4, 0.5) is 17.3 Å². The van der Waals surface area contributed by atoms with Gasteiger partial charge in [0, 0.05) is 24.5 Å². The fourth-order valence-electron chi connectivity index (χ4n) is 2.98. The zero-order valence-electron chi connectivity index (χ0n) is 14.6. The second-order valence-electron chi connectivity index (χ2n) is 5.98. The van der Waals surface area contributed by atoms with Crippen molar-refractivity contribution in [3.63, 3.8) is 0 Å². The summed E-state index contributed by atoms with van der Waals surface area (Å²) in [5.74, 6) is 1.94. The summed E-state index contributed by atoms with van der Waals surface area (Å²) in [5.41, 5.74) is 3.01. The molecule has 0 radical (unpaired) electrons. The maximum atomic E-state index is 5.40. The van der Waals surface area contributed by atoms with Gasteiger partial charge in [-0.2, -0.15) is 4.98 Å². The molecule has 2 aromatic carbocycles. The van der Waals surface area contributed by atoms with Crippen LogP contribution in [0, 0.1) is 0 Å². The van der Waals surface area contributed by atoms with Gasteiger partial charge in [0.05, 0.1) is 25.9 Å². The molecule has 0 atom stereocenters. The Labute approximate surface area is 152 Å². The lowest BCUT2D eigenvalue weighted by molar-refractivity contribution is 0.122. The van der Waals surface area contributed by atoms with Gasteiger partial charge in [-0.05, 0) is 36.4 Å². The van der Waals surface area contributed by atoms with E-state index in [0.29, 0.717) is 11.8 Å². The van der Waals surface area contributed by atoms with Crippen LogP contribution in [0.15, 0.2) is 48.5 Å². The van der Waals surface area contributed by atoms with E-state index in [-0.39, 0.29) is 0 Å². The zero-order valence-corrected chi connectivity index (χ0v) is 14.6. The number of ether oxygens (including phenoxy) is 2. The van der Waals surface area contributed by atoms with Crippen LogP contribution < -0.4 is 15.0 Å². The minimum absolute atomic E-state index is 0.519. The standard InChI is InChI=1S/C19H21N5O2/c1-25-17-5-3-2-4-16(17)18-21-19(23-22-18)20-14-6-8-15(9-7-14)24-10-12-26-13-11-24/h2-9H,10-13H2,1H3,(H2,20,21,22,23). The van der Waals surface area contributed by atoms with Crippen LogP contribution in [-0.2, 0) is 4.74 Å². The first kappa shape index (κ1) is 16.4. The van der Waals surface area contributed by atoms with Gasteiger partial charge in [-0.15, -0.1) is 5.10 Å². The fraction of sp³-hybridized carbons (Fsp3) is 0.263. The van der Waals surface area contributed by atoms with Gasteiger partial charge in [-0.3, -0.25) is 5.10 Å². The molecule has 3 aromatic rings. The lowest BCUT2D eigenvalue weighted by atomic mass is 10.2. The van der Waals surface area contributed by atoms with E-state index in [2.05, 4.69) is 37.5 Å². The van der Waals surface area contributed by atoms with Crippen LogP contribution in [0.2, 0.25) is 0 Å². The van der Waals surface area contributed by atoms with Crippen LogP contribution >= 0.6 is 0 Å². The Morgan fingerprint density at radius 3 is 2.62 bits per heavy atom. The minimum atomic E-state index is 0.519. The highest BCUT2D eigenvalue weighted by molar-refractivity contribution is 5.66. The van der Waals surface area contributed by atoms with E-state index in [1.54, 1.807) is 7.11 Å². The predicted molar refractivity (Wildman–Crippen MR) is 101 cm³/mol. The molecular formula is C19H21N5O2. The van der Waals surface area contributed by atoms with Crippen molar-refractivity contribution in [3.8, 4) is 17.1 Å². The highest BCUT2D eigenvalue weighted by atomic mass is 16.5. The Morgan fingerprint density at radius 1 is 1.08 bits per heavy atom. The summed E-state index contributed by atoms with van der Waals surface area (Å²) in [4.78, 5) is 6.83. The van der Waals surface area contributed by atoms with Crippen LogP contribution in [0.25, 0.3) is 11.4 Å². The number of aromatic amines is 1. The maximum absolute atomic E-state index is 5.40. The number of nitrogens with zero attached hydrogens (tertiary/aromatic N) is 3. The molecule has 1 aliphatic rings. The molecule has 134 valence electrons. The minimum Gasteiger partial charge on any atom is -0.496 e. The molecule has 0 unspecified atom stereocenters. The van der Waals surface area contributed by atoms with E-state index >= 15 is 0 Å². The van der Waals surface area contributed by atoms with Crippen molar-refractivity contribution >= 4 is 17.3 Å². The van der Waals surface area contributed by atoms with Gasteiger partial charge in [0.2, 0.25) is 5.95 Å². The highest BCUT2D eigenvalue weighted by Crippen LogP contribution is 2.28. The normalized spacial score (nSPS) is 14.3.